The summed E-state index contributed by atoms with van der Waals surface area (Å²) in [4.78, 5) is 8.34. The fourth-order valence-electron chi connectivity index (χ4n) is 2.61. The van der Waals surface area contributed by atoms with Crippen molar-refractivity contribution in [3.8, 4) is 17.6 Å². The van der Waals surface area contributed by atoms with Gasteiger partial charge in [0.15, 0.2) is 5.69 Å². The minimum Gasteiger partial charge on any atom is -0.497 e. The van der Waals surface area contributed by atoms with E-state index < -0.39 is 0 Å². The van der Waals surface area contributed by atoms with Crippen molar-refractivity contribution in [3.05, 3.63) is 77.7 Å². The van der Waals surface area contributed by atoms with Crippen molar-refractivity contribution in [2.24, 2.45) is 0 Å². The molecule has 6 heteroatoms. The Morgan fingerprint density at radius 1 is 0.923 bits per heavy atom. The van der Waals surface area contributed by atoms with Crippen LogP contribution in [0.3, 0.4) is 0 Å². The van der Waals surface area contributed by atoms with Gasteiger partial charge in [-0.3, -0.25) is 0 Å². The molecular weight excluding hydrogens is 328 g/mol. The second-order valence-corrected chi connectivity index (χ2v) is 5.53. The first-order chi connectivity index (χ1) is 12.7. The van der Waals surface area contributed by atoms with Gasteiger partial charge in [-0.05, 0) is 35.4 Å². The molecule has 6 nitrogen and oxygen atoms in total. The molecule has 130 valence electrons. The highest BCUT2D eigenvalue weighted by molar-refractivity contribution is 5.47. The normalized spacial score (nSPS) is 10.2. The lowest BCUT2D eigenvalue weighted by molar-refractivity contribution is 0.413. The molecule has 0 atom stereocenters. The smallest absolute Gasteiger partial charge is 0.158 e. The largest absolute Gasteiger partial charge is 0.497 e. The van der Waals surface area contributed by atoms with E-state index in [4.69, 9.17) is 14.7 Å². The van der Waals surface area contributed by atoms with E-state index in [1.54, 1.807) is 20.4 Å². The average molecular weight is 346 g/mol. The van der Waals surface area contributed by atoms with E-state index in [1.165, 1.54) is 6.20 Å². The second kappa shape index (κ2) is 7.99. The van der Waals surface area contributed by atoms with Crippen molar-refractivity contribution < 1.29 is 9.47 Å². The fraction of sp³-hybridized carbons (Fsp3) is 0.150. The zero-order chi connectivity index (χ0) is 18.4. The maximum atomic E-state index is 8.88. The topological polar surface area (TPSA) is 80.1 Å². The second-order valence-electron chi connectivity index (χ2n) is 5.53. The Bertz CT molecular complexity index is 872. The van der Waals surface area contributed by atoms with E-state index in [0.717, 1.165) is 22.6 Å². The van der Waals surface area contributed by atoms with E-state index in [1.807, 2.05) is 54.6 Å². The van der Waals surface area contributed by atoms with Crippen molar-refractivity contribution in [1.29, 1.82) is 5.26 Å². The fourth-order valence-corrected chi connectivity index (χ4v) is 2.61. The highest BCUT2D eigenvalue weighted by atomic mass is 16.5. The number of hydrogen-bond acceptors (Lipinski definition) is 6. The molecule has 0 aliphatic carbocycles. The van der Waals surface area contributed by atoms with Crippen LogP contribution in [0.4, 0.5) is 5.82 Å². The molecule has 0 bridgehead atoms. The van der Waals surface area contributed by atoms with Gasteiger partial charge in [0.25, 0.3) is 0 Å². The van der Waals surface area contributed by atoms with E-state index >= 15 is 0 Å². The lowest BCUT2D eigenvalue weighted by Crippen LogP contribution is -2.14. The van der Waals surface area contributed by atoms with E-state index in [9.17, 15) is 0 Å². The van der Waals surface area contributed by atoms with Crippen LogP contribution >= 0.6 is 0 Å². The van der Waals surface area contributed by atoms with Crippen molar-refractivity contribution in [2.45, 2.75) is 6.04 Å². The van der Waals surface area contributed by atoms with Crippen LogP contribution in [0.5, 0.6) is 11.5 Å². The minimum atomic E-state index is -0.192. The van der Waals surface area contributed by atoms with Crippen molar-refractivity contribution in [1.82, 2.24) is 9.97 Å². The first-order valence-electron chi connectivity index (χ1n) is 8.00. The van der Waals surface area contributed by atoms with Gasteiger partial charge in [0, 0.05) is 0 Å². The standard InChI is InChI=1S/C20H18N4O2/c1-25-17-7-3-5-14(9-17)20(15-6-4-8-18(10-15)26-2)24-19-13-22-16(11-21)12-23-19/h3-10,12-13,20H,1-2H3,(H,23,24). The van der Waals surface area contributed by atoms with Gasteiger partial charge >= 0.3 is 0 Å². The summed E-state index contributed by atoms with van der Waals surface area (Å²) in [5.74, 6) is 2.10. The monoisotopic (exact) mass is 346 g/mol. The Morgan fingerprint density at radius 2 is 1.54 bits per heavy atom. The summed E-state index contributed by atoms with van der Waals surface area (Å²) in [7, 11) is 3.28. The van der Waals surface area contributed by atoms with Crippen LogP contribution in [0.25, 0.3) is 0 Å². The molecule has 0 spiro atoms. The van der Waals surface area contributed by atoms with Crippen LogP contribution in [0, 0.1) is 11.3 Å². The van der Waals surface area contributed by atoms with Gasteiger partial charge in [0.2, 0.25) is 0 Å². The van der Waals surface area contributed by atoms with Gasteiger partial charge < -0.3 is 14.8 Å². The first-order valence-corrected chi connectivity index (χ1v) is 8.00. The van der Waals surface area contributed by atoms with Crippen LogP contribution in [-0.4, -0.2) is 24.2 Å². The molecule has 3 rings (SSSR count). The highest BCUT2D eigenvalue weighted by Gasteiger charge is 2.16. The molecule has 26 heavy (non-hydrogen) atoms. The summed E-state index contributed by atoms with van der Waals surface area (Å²) in [5, 5.41) is 12.3. The molecule has 0 unspecified atom stereocenters. The Hall–Kier alpha value is -3.59. The summed E-state index contributed by atoms with van der Waals surface area (Å²) >= 11 is 0. The van der Waals surface area contributed by atoms with E-state index in [0.29, 0.717) is 5.82 Å². The van der Waals surface area contributed by atoms with Crippen molar-refractivity contribution >= 4 is 5.82 Å². The first kappa shape index (κ1) is 17.2. The maximum absolute atomic E-state index is 8.88. The number of nitrogens with zero attached hydrogens (tertiary/aromatic N) is 3. The van der Waals surface area contributed by atoms with Crippen LogP contribution < -0.4 is 14.8 Å². The molecule has 1 aromatic heterocycles. The SMILES string of the molecule is COc1cccc(C(Nc2cnc(C#N)cn2)c2cccc(OC)c2)c1. The molecule has 1 heterocycles. The summed E-state index contributed by atoms with van der Waals surface area (Å²) in [6.07, 6.45) is 2.99. The molecule has 2 aromatic carbocycles. The van der Waals surface area contributed by atoms with Gasteiger partial charge in [0.05, 0.1) is 32.7 Å². The molecule has 0 amide bonds. The number of nitrogens with one attached hydrogen (secondary N) is 1. The van der Waals surface area contributed by atoms with Crippen molar-refractivity contribution in [2.75, 3.05) is 19.5 Å². The number of aromatic nitrogens is 2. The Morgan fingerprint density at radius 3 is 2.00 bits per heavy atom. The number of hydrogen-bond donors (Lipinski definition) is 1. The minimum absolute atomic E-state index is 0.192. The number of ether oxygens (including phenoxy) is 2. The molecule has 0 saturated carbocycles. The maximum Gasteiger partial charge on any atom is 0.158 e. The van der Waals surface area contributed by atoms with Crippen LogP contribution in [0.1, 0.15) is 22.9 Å². The molecular formula is C20H18N4O2. The van der Waals surface area contributed by atoms with E-state index in [2.05, 4.69) is 15.3 Å². The Labute approximate surface area is 152 Å². The molecule has 0 radical (unpaired) electrons. The predicted octanol–water partition coefficient (Wildman–Crippen LogP) is 3.57. The van der Waals surface area contributed by atoms with Gasteiger partial charge in [-0.1, -0.05) is 24.3 Å². The summed E-state index contributed by atoms with van der Waals surface area (Å²) in [6.45, 7) is 0. The zero-order valence-corrected chi connectivity index (χ0v) is 14.5. The number of methoxy groups -OCH3 is 2. The molecule has 3 aromatic rings. The van der Waals surface area contributed by atoms with Crippen LogP contribution in [-0.2, 0) is 0 Å². The summed E-state index contributed by atoms with van der Waals surface area (Å²) < 4.78 is 10.7. The Kier molecular flexibility index (Phi) is 5.30. The number of rotatable bonds is 6. The third-order valence-corrected chi connectivity index (χ3v) is 3.91. The van der Waals surface area contributed by atoms with Gasteiger partial charge in [-0.25, -0.2) is 9.97 Å². The van der Waals surface area contributed by atoms with Gasteiger partial charge in [0.1, 0.15) is 23.4 Å². The predicted molar refractivity (Wildman–Crippen MR) is 98.2 cm³/mol. The van der Waals surface area contributed by atoms with Crippen LogP contribution in [0.15, 0.2) is 60.9 Å². The lowest BCUT2D eigenvalue weighted by atomic mass is 9.98. The van der Waals surface area contributed by atoms with Crippen molar-refractivity contribution in [3.63, 3.8) is 0 Å². The highest BCUT2D eigenvalue weighted by Crippen LogP contribution is 2.30. The summed E-state index contributed by atoms with van der Waals surface area (Å²) in [5.41, 5.74) is 2.28. The summed E-state index contributed by atoms with van der Waals surface area (Å²) in [6, 6.07) is 17.4. The number of nitriles is 1. The zero-order valence-electron chi connectivity index (χ0n) is 14.5. The third kappa shape index (κ3) is 3.90. The number of benzene rings is 2. The Balaban J connectivity index is 2.00. The molecule has 0 fully saturated rings. The van der Waals surface area contributed by atoms with Gasteiger partial charge in [-0.15, -0.1) is 0 Å². The molecule has 0 aliphatic heterocycles. The molecule has 0 saturated heterocycles. The van der Waals surface area contributed by atoms with Gasteiger partial charge in [-0.2, -0.15) is 5.26 Å². The average Bonchev–Trinajstić information content (AvgIpc) is 2.72. The lowest BCUT2D eigenvalue weighted by Gasteiger charge is -2.21. The number of anilines is 1. The third-order valence-electron chi connectivity index (χ3n) is 3.91. The molecule has 0 aliphatic rings. The van der Waals surface area contributed by atoms with Crippen LogP contribution in [0.2, 0.25) is 0 Å². The molecule has 1 N–H and O–H groups in total. The van der Waals surface area contributed by atoms with E-state index in [-0.39, 0.29) is 11.7 Å². The quantitative estimate of drug-likeness (QED) is 0.735.